The SMILES string of the molecule is CCCNC(=O)C1CCN(c2nnnn2-c2ccccc2)CC1. The van der Waals surface area contributed by atoms with Crippen LogP contribution in [0.1, 0.15) is 26.2 Å². The molecule has 7 nitrogen and oxygen atoms in total. The number of aromatic nitrogens is 4. The molecule has 1 saturated heterocycles. The van der Waals surface area contributed by atoms with E-state index in [4.69, 9.17) is 0 Å². The zero-order valence-electron chi connectivity index (χ0n) is 13.4. The Kier molecular flexibility index (Phi) is 4.85. The number of nitrogens with one attached hydrogen (secondary N) is 1. The maximum atomic E-state index is 12.1. The van der Waals surface area contributed by atoms with Crippen LogP contribution >= 0.6 is 0 Å². The summed E-state index contributed by atoms with van der Waals surface area (Å²) in [7, 11) is 0. The molecule has 0 aliphatic carbocycles. The molecule has 0 radical (unpaired) electrons. The van der Waals surface area contributed by atoms with Crippen molar-refractivity contribution in [2.45, 2.75) is 26.2 Å². The van der Waals surface area contributed by atoms with Crippen LogP contribution in [0.4, 0.5) is 5.95 Å². The van der Waals surface area contributed by atoms with Crippen LogP contribution in [0.5, 0.6) is 0 Å². The Morgan fingerprint density at radius 2 is 2.00 bits per heavy atom. The molecule has 3 rings (SSSR count). The third-order valence-corrected chi connectivity index (χ3v) is 4.15. The largest absolute Gasteiger partial charge is 0.356 e. The summed E-state index contributed by atoms with van der Waals surface area (Å²) in [5, 5.41) is 15.1. The zero-order chi connectivity index (χ0) is 16.1. The van der Waals surface area contributed by atoms with Crippen molar-refractivity contribution >= 4 is 11.9 Å². The van der Waals surface area contributed by atoms with Gasteiger partial charge >= 0.3 is 0 Å². The van der Waals surface area contributed by atoms with E-state index in [1.165, 1.54) is 0 Å². The quantitative estimate of drug-likeness (QED) is 0.903. The molecule has 1 fully saturated rings. The van der Waals surface area contributed by atoms with Crippen molar-refractivity contribution in [3.63, 3.8) is 0 Å². The number of hydrogen-bond donors (Lipinski definition) is 1. The predicted octanol–water partition coefficient (Wildman–Crippen LogP) is 1.40. The number of para-hydroxylation sites is 1. The van der Waals surface area contributed by atoms with Gasteiger partial charge in [-0.05, 0) is 41.8 Å². The van der Waals surface area contributed by atoms with E-state index < -0.39 is 0 Å². The van der Waals surface area contributed by atoms with Crippen LogP contribution in [0.2, 0.25) is 0 Å². The molecule has 1 aromatic heterocycles. The van der Waals surface area contributed by atoms with Gasteiger partial charge in [-0.3, -0.25) is 4.79 Å². The summed E-state index contributed by atoms with van der Waals surface area (Å²) in [6.07, 6.45) is 2.63. The lowest BCUT2D eigenvalue weighted by molar-refractivity contribution is -0.125. The molecule has 1 aliphatic rings. The van der Waals surface area contributed by atoms with Crippen LogP contribution < -0.4 is 10.2 Å². The topological polar surface area (TPSA) is 75.9 Å². The van der Waals surface area contributed by atoms with E-state index in [-0.39, 0.29) is 11.8 Å². The standard InChI is InChI=1S/C16H22N6O/c1-2-10-17-15(23)13-8-11-21(12-9-13)16-18-19-20-22(16)14-6-4-3-5-7-14/h3-7,13H,2,8-12H2,1H3,(H,17,23). The van der Waals surface area contributed by atoms with Gasteiger partial charge in [-0.2, -0.15) is 4.68 Å². The second kappa shape index (κ2) is 7.21. The molecule has 1 amide bonds. The number of piperidine rings is 1. The normalized spacial score (nSPS) is 15.6. The van der Waals surface area contributed by atoms with Crippen LogP contribution in [0.15, 0.2) is 30.3 Å². The number of carbonyl (C=O) groups is 1. The number of benzene rings is 1. The second-order valence-electron chi connectivity index (χ2n) is 5.78. The predicted molar refractivity (Wildman–Crippen MR) is 87.4 cm³/mol. The van der Waals surface area contributed by atoms with Gasteiger partial charge in [-0.15, -0.1) is 0 Å². The van der Waals surface area contributed by atoms with Crippen LogP contribution in [0, 0.1) is 5.92 Å². The van der Waals surface area contributed by atoms with Crippen molar-refractivity contribution in [2.75, 3.05) is 24.5 Å². The highest BCUT2D eigenvalue weighted by atomic mass is 16.1. The minimum absolute atomic E-state index is 0.0962. The first kappa shape index (κ1) is 15.5. The molecular weight excluding hydrogens is 292 g/mol. The van der Waals surface area contributed by atoms with Gasteiger partial charge < -0.3 is 10.2 Å². The summed E-state index contributed by atoms with van der Waals surface area (Å²) in [4.78, 5) is 14.2. The van der Waals surface area contributed by atoms with Crippen molar-refractivity contribution in [2.24, 2.45) is 5.92 Å². The number of hydrogen-bond acceptors (Lipinski definition) is 5. The summed E-state index contributed by atoms with van der Waals surface area (Å²) >= 11 is 0. The van der Waals surface area contributed by atoms with E-state index in [1.807, 2.05) is 30.3 Å². The monoisotopic (exact) mass is 314 g/mol. The fraction of sp³-hybridized carbons (Fsp3) is 0.500. The van der Waals surface area contributed by atoms with E-state index in [9.17, 15) is 4.79 Å². The molecular formula is C16H22N6O. The molecule has 0 bridgehead atoms. The van der Waals surface area contributed by atoms with E-state index in [0.717, 1.165) is 50.5 Å². The maximum Gasteiger partial charge on any atom is 0.250 e. The highest BCUT2D eigenvalue weighted by molar-refractivity contribution is 5.78. The third-order valence-electron chi connectivity index (χ3n) is 4.15. The Morgan fingerprint density at radius 3 is 2.70 bits per heavy atom. The van der Waals surface area contributed by atoms with Gasteiger partial charge in [0.1, 0.15) is 0 Å². The van der Waals surface area contributed by atoms with Gasteiger partial charge in [0.2, 0.25) is 11.9 Å². The molecule has 0 saturated carbocycles. The van der Waals surface area contributed by atoms with Crippen LogP contribution in [-0.2, 0) is 4.79 Å². The molecule has 1 aliphatic heterocycles. The Balaban J connectivity index is 1.65. The number of carbonyl (C=O) groups excluding carboxylic acids is 1. The van der Waals surface area contributed by atoms with Crippen LogP contribution in [-0.4, -0.2) is 45.7 Å². The molecule has 2 heterocycles. The highest BCUT2D eigenvalue weighted by Gasteiger charge is 2.27. The first-order valence-corrected chi connectivity index (χ1v) is 8.16. The summed E-state index contributed by atoms with van der Waals surface area (Å²) in [5.74, 6) is 1.01. The van der Waals surface area contributed by atoms with E-state index in [1.54, 1.807) is 4.68 Å². The average molecular weight is 314 g/mol. The lowest BCUT2D eigenvalue weighted by Gasteiger charge is -2.31. The first-order chi connectivity index (χ1) is 11.3. The third kappa shape index (κ3) is 3.49. The minimum atomic E-state index is 0.0962. The Hall–Kier alpha value is -2.44. The number of amides is 1. The second-order valence-corrected chi connectivity index (χ2v) is 5.78. The fourth-order valence-corrected chi connectivity index (χ4v) is 2.85. The minimum Gasteiger partial charge on any atom is -0.356 e. The van der Waals surface area contributed by atoms with Gasteiger partial charge in [0.25, 0.3) is 0 Å². The molecule has 1 N–H and O–H groups in total. The molecule has 23 heavy (non-hydrogen) atoms. The summed E-state index contributed by atoms with van der Waals surface area (Å²) in [6, 6.07) is 9.85. The summed E-state index contributed by atoms with van der Waals surface area (Å²) in [6.45, 7) is 4.40. The van der Waals surface area contributed by atoms with Crippen molar-refractivity contribution in [1.82, 2.24) is 25.5 Å². The molecule has 1 aromatic carbocycles. The van der Waals surface area contributed by atoms with Gasteiger partial charge in [-0.25, -0.2) is 0 Å². The highest BCUT2D eigenvalue weighted by Crippen LogP contribution is 2.23. The van der Waals surface area contributed by atoms with Gasteiger partial charge in [0, 0.05) is 25.6 Å². The summed E-state index contributed by atoms with van der Waals surface area (Å²) < 4.78 is 1.75. The van der Waals surface area contributed by atoms with Gasteiger partial charge in [0.05, 0.1) is 5.69 Å². The Morgan fingerprint density at radius 1 is 1.26 bits per heavy atom. The Bertz CT molecular complexity index is 633. The molecule has 0 spiro atoms. The van der Waals surface area contributed by atoms with Gasteiger partial charge in [0.15, 0.2) is 0 Å². The number of nitrogens with zero attached hydrogens (tertiary/aromatic N) is 5. The number of tetrazole rings is 1. The molecule has 0 atom stereocenters. The van der Waals surface area contributed by atoms with E-state index in [0.29, 0.717) is 0 Å². The van der Waals surface area contributed by atoms with Gasteiger partial charge in [-0.1, -0.05) is 30.2 Å². The van der Waals surface area contributed by atoms with Crippen molar-refractivity contribution in [1.29, 1.82) is 0 Å². The maximum absolute atomic E-state index is 12.1. The smallest absolute Gasteiger partial charge is 0.250 e. The van der Waals surface area contributed by atoms with Crippen molar-refractivity contribution in [3.8, 4) is 5.69 Å². The van der Waals surface area contributed by atoms with E-state index in [2.05, 4.69) is 32.7 Å². The number of rotatable bonds is 5. The van der Waals surface area contributed by atoms with Crippen LogP contribution in [0.3, 0.4) is 0 Å². The lowest BCUT2D eigenvalue weighted by atomic mass is 9.96. The molecule has 2 aromatic rings. The summed E-state index contributed by atoms with van der Waals surface area (Å²) in [5.41, 5.74) is 0.940. The first-order valence-electron chi connectivity index (χ1n) is 8.16. The molecule has 7 heteroatoms. The Labute approximate surface area is 135 Å². The average Bonchev–Trinajstić information content (AvgIpc) is 3.10. The fourth-order valence-electron chi connectivity index (χ4n) is 2.85. The van der Waals surface area contributed by atoms with Crippen molar-refractivity contribution in [3.05, 3.63) is 30.3 Å². The zero-order valence-corrected chi connectivity index (χ0v) is 13.4. The van der Waals surface area contributed by atoms with E-state index >= 15 is 0 Å². The van der Waals surface area contributed by atoms with Crippen molar-refractivity contribution < 1.29 is 4.79 Å². The number of anilines is 1. The van der Waals surface area contributed by atoms with Crippen LogP contribution in [0.25, 0.3) is 5.69 Å². The molecule has 122 valence electrons. The molecule has 0 unspecified atom stereocenters. The lowest BCUT2D eigenvalue weighted by Crippen LogP contribution is -2.41.